The van der Waals surface area contributed by atoms with Crippen LogP contribution < -0.4 is 11.1 Å². The molecule has 5 N–H and O–H groups in total. The lowest BCUT2D eigenvalue weighted by Crippen LogP contribution is -2.18. The summed E-state index contributed by atoms with van der Waals surface area (Å²) in [5.74, 6) is -1.55. The molecule has 0 radical (unpaired) electrons. The Morgan fingerprint density at radius 1 is 1.26 bits per heavy atom. The van der Waals surface area contributed by atoms with Gasteiger partial charge in [-0.25, -0.2) is 4.98 Å². The molecule has 1 unspecified atom stereocenters. The van der Waals surface area contributed by atoms with Crippen LogP contribution in [0.5, 0.6) is 0 Å². The third-order valence-electron chi connectivity index (χ3n) is 6.17. The Morgan fingerprint density at radius 2 is 2.09 bits per heavy atom. The predicted molar refractivity (Wildman–Crippen MR) is 127 cm³/mol. The second-order valence-corrected chi connectivity index (χ2v) is 8.61. The Labute approximate surface area is 197 Å². The molecule has 4 rings (SSSR count). The summed E-state index contributed by atoms with van der Waals surface area (Å²) in [4.78, 5) is 28.8. The number of pyridine rings is 1. The van der Waals surface area contributed by atoms with Crippen molar-refractivity contribution in [1.82, 2.24) is 14.8 Å². The minimum absolute atomic E-state index is 0.0790. The molecule has 9 heteroatoms. The maximum absolute atomic E-state index is 12.4. The number of hydrogen-bond acceptors (Lipinski definition) is 6. The van der Waals surface area contributed by atoms with Gasteiger partial charge in [0.1, 0.15) is 5.82 Å². The first-order chi connectivity index (χ1) is 16.4. The van der Waals surface area contributed by atoms with Crippen molar-refractivity contribution in [2.45, 2.75) is 51.7 Å². The molecule has 3 aromatic rings. The molecular formula is C25H29N5O4. The van der Waals surface area contributed by atoms with Crippen LogP contribution in [-0.4, -0.2) is 43.4 Å². The van der Waals surface area contributed by atoms with E-state index in [9.17, 15) is 19.8 Å². The number of amides is 1. The average Bonchev–Trinajstić information content (AvgIpc) is 3.19. The number of rotatable bonds is 9. The van der Waals surface area contributed by atoms with Crippen LogP contribution in [0.4, 0.5) is 5.82 Å². The molecule has 178 valence electrons. The minimum Gasteiger partial charge on any atom is -0.481 e. The van der Waals surface area contributed by atoms with Gasteiger partial charge in [0.2, 0.25) is 0 Å². The standard InChI is InChI=1S/C25H29N5O4/c1-15-4-2-5-17(12-15)19(13-21(32)33)23-22(24(26)34)20(14-31)30(29-23)11-9-18-8-7-16-6-3-10-27-25(16)28-18/h2,4-5,7-8,12,19,31H,3,6,9-11,13-14H2,1H3,(H2,26,34)(H,27,28)(H,32,33). The number of nitrogens with two attached hydrogens (primary N) is 1. The van der Waals surface area contributed by atoms with Crippen LogP contribution in [0.1, 0.15) is 62.9 Å². The van der Waals surface area contributed by atoms with Gasteiger partial charge in [-0.15, -0.1) is 0 Å². The van der Waals surface area contributed by atoms with Gasteiger partial charge in [-0.1, -0.05) is 35.9 Å². The number of fused-ring (bicyclic) bond motifs is 1. The molecule has 1 aliphatic rings. The van der Waals surface area contributed by atoms with Crippen molar-refractivity contribution in [1.29, 1.82) is 0 Å². The quantitative estimate of drug-likeness (QED) is 0.381. The number of aliphatic hydroxyl groups is 1. The summed E-state index contributed by atoms with van der Waals surface area (Å²) in [5, 5.41) is 27.6. The van der Waals surface area contributed by atoms with E-state index in [4.69, 9.17) is 10.7 Å². The van der Waals surface area contributed by atoms with Crippen molar-refractivity contribution in [3.8, 4) is 0 Å². The zero-order chi connectivity index (χ0) is 24.2. The highest BCUT2D eigenvalue weighted by atomic mass is 16.4. The summed E-state index contributed by atoms with van der Waals surface area (Å²) < 4.78 is 1.55. The van der Waals surface area contributed by atoms with E-state index in [1.54, 1.807) is 4.68 Å². The Morgan fingerprint density at radius 3 is 2.79 bits per heavy atom. The summed E-state index contributed by atoms with van der Waals surface area (Å²) in [6.07, 6.45) is 2.34. The van der Waals surface area contributed by atoms with E-state index < -0.39 is 24.4 Å². The Bertz CT molecular complexity index is 1220. The fraction of sp³-hybridized carbons (Fsp3) is 0.360. The number of carboxylic acid groups (broad SMARTS) is 1. The molecule has 34 heavy (non-hydrogen) atoms. The van der Waals surface area contributed by atoms with Gasteiger partial charge in [0, 0.05) is 31.1 Å². The van der Waals surface area contributed by atoms with Crippen LogP contribution in [0.15, 0.2) is 36.4 Å². The molecular weight excluding hydrogens is 434 g/mol. The molecule has 3 heterocycles. The first-order valence-electron chi connectivity index (χ1n) is 11.4. The summed E-state index contributed by atoms with van der Waals surface area (Å²) in [5.41, 5.74) is 10.1. The summed E-state index contributed by atoms with van der Waals surface area (Å²) in [6, 6.07) is 11.5. The van der Waals surface area contributed by atoms with E-state index in [0.29, 0.717) is 13.0 Å². The largest absolute Gasteiger partial charge is 0.481 e. The van der Waals surface area contributed by atoms with Gasteiger partial charge in [0.15, 0.2) is 0 Å². The van der Waals surface area contributed by atoms with Gasteiger partial charge in [-0.3, -0.25) is 14.3 Å². The van der Waals surface area contributed by atoms with Crippen molar-refractivity contribution < 1.29 is 19.8 Å². The van der Waals surface area contributed by atoms with Crippen molar-refractivity contribution in [2.24, 2.45) is 5.73 Å². The molecule has 0 saturated carbocycles. The molecule has 0 saturated heterocycles. The van der Waals surface area contributed by atoms with E-state index >= 15 is 0 Å². The van der Waals surface area contributed by atoms with Gasteiger partial charge < -0.3 is 21.3 Å². The number of anilines is 1. The van der Waals surface area contributed by atoms with Crippen molar-refractivity contribution in [2.75, 3.05) is 11.9 Å². The van der Waals surface area contributed by atoms with E-state index in [1.807, 2.05) is 37.3 Å². The molecule has 1 aromatic carbocycles. The highest BCUT2D eigenvalue weighted by Crippen LogP contribution is 2.32. The number of aromatic nitrogens is 3. The minimum atomic E-state index is -1.02. The number of aliphatic carboxylic acids is 1. The zero-order valence-electron chi connectivity index (χ0n) is 19.1. The molecule has 1 atom stereocenters. The first kappa shape index (κ1) is 23.4. The maximum Gasteiger partial charge on any atom is 0.304 e. The van der Waals surface area contributed by atoms with Crippen molar-refractivity contribution in [3.05, 3.63) is 75.7 Å². The predicted octanol–water partition coefficient (Wildman–Crippen LogP) is 2.39. The summed E-state index contributed by atoms with van der Waals surface area (Å²) >= 11 is 0. The average molecular weight is 464 g/mol. The molecule has 1 aliphatic heterocycles. The monoisotopic (exact) mass is 463 g/mol. The SMILES string of the molecule is Cc1cccc(C(CC(=O)O)c2nn(CCc3ccc4c(n3)NCCC4)c(CO)c2C(N)=O)c1. The molecule has 1 amide bonds. The lowest BCUT2D eigenvalue weighted by molar-refractivity contribution is -0.137. The lowest BCUT2D eigenvalue weighted by atomic mass is 9.89. The van der Waals surface area contributed by atoms with Crippen LogP contribution in [-0.2, 0) is 30.8 Å². The Hall–Kier alpha value is -3.72. The Kier molecular flexibility index (Phi) is 6.93. The third kappa shape index (κ3) is 4.94. The third-order valence-corrected chi connectivity index (χ3v) is 6.17. The van der Waals surface area contributed by atoms with Crippen LogP contribution in [0.25, 0.3) is 0 Å². The number of nitrogens with zero attached hydrogens (tertiary/aromatic N) is 3. The van der Waals surface area contributed by atoms with Gasteiger partial charge in [0.25, 0.3) is 5.91 Å². The summed E-state index contributed by atoms with van der Waals surface area (Å²) in [7, 11) is 0. The number of carbonyl (C=O) groups excluding carboxylic acids is 1. The lowest BCUT2D eigenvalue weighted by Gasteiger charge is -2.17. The van der Waals surface area contributed by atoms with Gasteiger partial charge in [-0.05, 0) is 37.0 Å². The first-order valence-corrected chi connectivity index (χ1v) is 11.4. The molecule has 0 aliphatic carbocycles. The number of hydrogen-bond donors (Lipinski definition) is 4. The van der Waals surface area contributed by atoms with E-state index in [2.05, 4.69) is 16.5 Å². The molecule has 9 nitrogen and oxygen atoms in total. The smallest absolute Gasteiger partial charge is 0.304 e. The van der Waals surface area contributed by atoms with Gasteiger partial charge in [0.05, 0.1) is 30.0 Å². The molecule has 0 spiro atoms. The summed E-state index contributed by atoms with van der Waals surface area (Å²) in [6.45, 7) is 2.72. The van der Waals surface area contributed by atoms with Crippen molar-refractivity contribution >= 4 is 17.7 Å². The number of nitrogens with one attached hydrogen (secondary N) is 1. The maximum atomic E-state index is 12.4. The highest BCUT2D eigenvalue weighted by molar-refractivity contribution is 5.95. The van der Waals surface area contributed by atoms with Crippen LogP contribution in [0, 0.1) is 6.92 Å². The molecule has 0 fully saturated rings. The number of aryl methyl sites for hydroxylation is 4. The topological polar surface area (TPSA) is 143 Å². The fourth-order valence-electron chi connectivity index (χ4n) is 4.54. The Balaban J connectivity index is 1.70. The van der Waals surface area contributed by atoms with Gasteiger partial charge >= 0.3 is 5.97 Å². The second kappa shape index (κ2) is 10.0. The van der Waals surface area contributed by atoms with Crippen LogP contribution in [0.2, 0.25) is 0 Å². The highest BCUT2D eigenvalue weighted by Gasteiger charge is 2.30. The zero-order valence-corrected chi connectivity index (χ0v) is 19.1. The molecule has 2 aromatic heterocycles. The van der Waals surface area contributed by atoms with Crippen molar-refractivity contribution in [3.63, 3.8) is 0 Å². The fourth-order valence-corrected chi connectivity index (χ4v) is 4.54. The van der Waals surface area contributed by atoms with E-state index in [1.165, 1.54) is 5.56 Å². The number of primary amides is 1. The van der Waals surface area contributed by atoms with Crippen LogP contribution in [0.3, 0.4) is 0 Å². The van der Waals surface area contributed by atoms with Crippen LogP contribution >= 0.6 is 0 Å². The normalized spacial score (nSPS) is 13.7. The molecule has 0 bridgehead atoms. The number of benzene rings is 1. The number of aliphatic hydroxyl groups excluding tert-OH is 1. The number of carboxylic acids is 1. The second-order valence-electron chi connectivity index (χ2n) is 8.61. The van der Waals surface area contributed by atoms with E-state index in [-0.39, 0.29) is 23.4 Å². The number of carbonyl (C=O) groups is 2. The van der Waals surface area contributed by atoms with E-state index in [0.717, 1.165) is 42.0 Å². The van der Waals surface area contributed by atoms with Gasteiger partial charge in [-0.2, -0.15) is 5.10 Å².